The Labute approximate surface area is 136 Å². The molecule has 23 heavy (non-hydrogen) atoms. The van der Waals surface area contributed by atoms with Crippen LogP contribution in [0.5, 0.6) is 0 Å². The van der Waals surface area contributed by atoms with Gasteiger partial charge in [0.05, 0.1) is 25.1 Å². The zero-order valence-corrected chi connectivity index (χ0v) is 14.1. The Kier molecular flexibility index (Phi) is 6.15. The molecule has 128 valence electrons. The number of carbonyl (C=O) groups is 1. The lowest BCUT2D eigenvalue weighted by Crippen LogP contribution is -2.38. The Morgan fingerprint density at radius 3 is 2.30 bits per heavy atom. The summed E-state index contributed by atoms with van der Waals surface area (Å²) in [6.07, 6.45) is 1.21. The molecule has 1 saturated carbocycles. The zero-order valence-electron chi connectivity index (χ0n) is 13.3. The van der Waals surface area contributed by atoms with Gasteiger partial charge in [0.15, 0.2) is 0 Å². The maximum atomic E-state index is 11.3. The lowest BCUT2D eigenvalue weighted by molar-refractivity contribution is -0.153. The quantitative estimate of drug-likeness (QED) is 0.581. The first-order valence-electron chi connectivity index (χ1n) is 7.53. The number of benzene rings is 1. The number of rotatable bonds is 6. The Balaban J connectivity index is 1.97. The van der Waals surface area contributed by atoms with Gasteiger partial charge >= 0.3 is 5.97 Å². The van der Waals surface area contributed by atoms with Crippen molar-refractivity contribution in [1.82, 2.24) is 0 Å². The van der Waals surface area contributed by atoms with E-state index in [1.54, 1.807) is 0 Å². The maximum absolute atomic E-state index is 11.3. The second-order valence-electron chi connectivity index (χ2n) is 5.78. The highest BCUT2D eigenvalue weighted by Crippen LogP contribution is 2.28. The highest BCUT2D eigenvalue weighted by molar-refractivity contribution is 7.86. The van der Waals surface area contributed by atoms with Crippen LogP contribution in [-0.2, 0) is 35.2 Å². The largest absolute Gasteiger partial charge is 0.462 e. The molecule has 7 heteroatoms. The Hall–Kier alpha value is -1.44. The summed E-state index contributed by atoms with van der Waals surface area (Å²) in [4.78, 5) is 11.2. The molecule has 0 saturated heterocycles. The van der Waals surface area contributed by atoms with Crippen LogP contribution in [0.1, 0.15) is 31.7 Å². The van der Waals surface area contributed by atoms with E-state index < -0.39 is 28.3 Å². The van der Waals surface area contributed by atoms with Gasteiger partial charge < -0.3 is 9.47 Å². The SMILES string of the molecule is CC(=O)O[C@@H]1C[C@H](OCc2ccccc2)C[C@H](OS(C)(=O)=O)C1. The van der Waals surface area contributed by atoms with E-state index in [0.29, 0.717) is 25.9 Å². The molecule has 0 N–H and O–H groups in total. The molecule has 1 aromatic carbocycles. The lowest BCUT2D eigenvalue weighted by atomic mass is 9.92. The summed E-state index contributed by atoms with van der Waals surface area (Å²) < 4.78 is 38.8. The third-order valence-corrected chi connectivity index (χ3v) is 4.17. The summed E-state index contributed by atoms with van der Waals surface area (Å²) in [5.74, 6) is -0.392. The van der Waals surface area contributed by atoms with Crippen LogP contribution in [0.3, 0.4) is 0 Å². The average Bonchev–Trinajstić information content (AvgIpc) is 2.43. The summed E-state index contributed by atoms with van der Waals surface area (Å²) in [5, 5.41) is 0. The van der Waals surface area contributed by atoms with Crippen LogP contribution < -0.4 is 0 Å². The molecule has 0 spiro atoms. The van der Waals surface area contributed by atoms with Crippen LogP contribution in [-0.4, -0.2) is 39.0 Å². The molecule has 1 aliphatic rings. The number of esters is 1. The number of ether oxygens (including phenoxy) is 2. The number of hydrogen-bond donors (Lipinski definition) is 0. The Morgan fingerprint density at radius 1 is 1.09 bits per heavy atom. The smallest absolute Gasteiger partial charge is 0.302 e. The first-order valence-corrected chi connectivity index (χ1v) is 9.34. The third-order valence-electron chi connectivity index (χ3n) is 3.55. The Morgan fingerprint density at radius 2 is 1.70 bits per heavy atom. The van der Waals surface area contributed by atoms with Gasteiger partial charge in [-0.15, -0.1) is 0 Å². The van der Waals surface area contributed by atoms with Gasteiger partial charge in [0, 0.05) is 26.2 Å². The van der Waals surface area contributed by atoms with Gasteiger partial charge in [0.2, 0.25) is 0 Å². The van der Waals surface area contributed by atoms with E-state index >= 15 is 0 Å². The van der Waals surface area contributed by atoms with Crippen molar-refractivity contribution in [3.63, 3.8) is 0 Å². The molecule has 1 aromatic rings. The highest BCUT2D eigenvalue weighted by Gasteiger charge is 2.33. The molecule has 0 aromatic heterocycles. The van der Waals surface area contributed by atoms with Crippen LogP contribution in [0.15, 0.2) is 30.3 Å². The second-order valence-corrected chi connectivity index (χ2v) is 7.38. The minimum Gasteiger partial charge on any atom is -0.462 e. The van der Waals surface area contributed by atoms with Gasteiger partial charge in [-0.1, -0.05) is 30.3 Å². The summed E-state index contributed by atoms with van der Waals surface area (Å²) >= 11 is 0. The number of hydrogen-bond acceptors (Lipinski definition) is 6. The van der Waals surface area contributed by atoms with Crippen LogP contribution in [0.4, 0.5) is 0 Å². The molecule has 0 heterocycles. The molecule has 0 aliphatic heterocycles. The van der Waals surface area contributed by atoms with E-state index in [0.717, 1.165) is 11.8 Å². The van der Waals surface area contributed by atoms with Crippen molar-refractivity contribution in [2.75, 3.05) is 6.26 Å². The minimum absolute atomic E-state index is 0.222. The third kappa shape index (κ3) is 6.68. The molecule has 1 fully saturated rings. The van der Waals surface area contributed by atoms with Crippen molar-refractivity contribution in [3.05, 3.63) is 35.9 Å². The fraction of sp³-hybridized carbons (Fsp3) is 0.562. The fourth-order valence-corrected chi connectivity index (χ4v) is 3.40. The minimum atomic E-state index is -3.56. The molecule has 0 unspecified atom stereocenters. The maximum Gasteiger partial charge on any atom is 0.302 e. The van der Waals surface area contributed by atoms with Crippen LogP contribution in [0.25, 0.3) is 0 Å². The van der Waals surface area contributed by atoms with Gasteiger partial charge in [0.1, 0.15) is 6.10 Å². The summed E-state index contributed by atoms with van der Waals surface area (Å²) in [6.45, 7) is 1.75. The molecule has 2 rings (SSSR count). The summed E-state index contributed by atoms with van der Waals surface area (Å²) in [7, 11) is -3.56. The predicted molar refractivity (Wildman–Crippen MR) is 84.1 cm³/mol. The van der Waals surface area contributed by atoms with Crippen LogP contribution in [0.2, 0.25) is 0 Å². The van der Waals surface area contributed by atoms with E-state index in [4.69, 9.17) is 13.7 Å². The normalized spacial score (nSPS) is 25.0. The average molecular weight is 342 g/mol. The van der Waals surface area contributed by atoms with E-state index in [9.17, 15) is 13.2 Å². The van der Waals surface area contributed by atoms with Gasteiger partial charge in [0.25, 0.3) is 10.1 Å². The van der Waals surface area contributed by atoms with Crippen molar-refractivity contribution in [3.8, 4) is 0 Å². The van der Waals surface area contributed by atoms with E-state index in [1.807, 2.05) is 30.3 Å². The number of carbonyl (C=O) groups excluding carboxylic acids is 1. The van der Waals surface area contributed by atoms with E-state index in [1.165, 1.54) is 6.92 Å². The van der Waals surface area contributed by atoms with E-state index in [-0.39, 0.29) is 6.10 Å². The van der Waals surface area contributed by atoms with Crippen molar-refractivity contribution >= 4 is 16.1 Å². The molecular formula is C16H22O6S. The van der Waals surface area contributed by atoms with Crippen molar-refractivity contribution < 1.29 is 26.9 Å². The monoisotopic (exact) mass is 342 g/mol. The lowest BCUT2D eigenvalue weighted by Gasteiger charge is -2.33. The summed E-state index contributed by atoms with van der Waals surface area (Å²) in [6, 6.07) is 9.69. The first kappa shape index (κ1) is 17.9. The van der Waals surface area contributed by atoms with Gasteiger partial charge in [-0.2, -0.15) is 8.42 Å². The topological polar surface area (TPSA) is 78.9 Å². The highest BCUT2D eigenvalue weighted by atomic mass is 32.2. The molecular weight excluding hydrogens is 320 g/mol. The summed E-state index contributed by atoms with van der Waals surface area (Å²) in [5.41, 5.74) is 1.03. The van der Waals surface area contributed by atoms with Crippen molar-refractivity contribution in [1.29, 1.82) is 0 Å². The fourth-order valence-electron chi connectivity index (χ4n) is 2.75. The van der Waals surface area contributed by atoms with Crippen LogP contribution >= 0.6 is 0 Å². The molecule has 0 radical (unpaired) electrons. The zero-order chi connectivity index (χ0) is 16.9. The standard InChI is InChI=1S/C16H22O6S/c1-12(17)21-15-8-14(9-16(10-15)22-23(2,18)19)20-11-13-6-4-3-5-7-13/h3-7,14-16H,8-11H2,1-2H3/t14-,15+,16-/m0/s1. The van der Waals surface area contributed by atoms with Crippen molar-refractivity contribution in [2.24, 2.45) is 0 Å². The first-order chi connectivity index (χ1) is 10.8. The predicted octanol–water partition coefficient (Wildman–Crippen LogP) is 2.03. The molecule has 1 aliphatic carbocycles. The van der Waals surface area contributed by atoms with Gasteiger partial charge in [-0.05, 0) is 5.56 Å². The van der Waals surface area contributed by atoms with Crippen LogP contribution in [0, 0.1) is 0 Å². The Bertz CT molecular complexity index is 613. The molecule has 6 nitrogen and oxygen atoms in total. The van der Waals surface area contributed by atoms with Gasteiger partial charge in [-0.25, -0.2) is 0 Å². The van der Waals surface area contributed by atoms with Crippen molar-refractivity contribution in [2.45, 2.75) is 51.1 Å². The molecule has 3 atom stereocenters. The van der Waals surface area contributed by atoms with Gasteiger partial charge in [-0.3, -0.25) is 8.98 Å². The molecule has 0 amide bonds. The van der Waals surface area contributed by atoms with E-state index in [2.05, 4.69) is 0 Å². The second kappa shape index (κ2) is 7.90. The molecule has 0 bridgehead atoms.